The van der Waals surface area contributed by atoms with Crippen LogP contribution in [0.5, 0.6) is 0 Å². The highest BCUT2D eigenvalue weighted by Crippen LogP contribution is 2.41. The molecule has 0 amide bonds. The topological polar surface area (TPSA) is 100 Å². The van der Waals surface area contributed by atoms with Gasteiger partial charge in [0.05, 0.1) is 28.9 Å². The summed E-state index contributed by atoms with van der Waals surface area (Å²) >= 11 is 0. The summed E-state index contributed by atoms with van der Waals surface area (Å²) in [4.78, 5) is 15.6. The molecule has 0 saturated heterocycles. The van der Waals surface area contributed by atoms with Crippen LogP contribution in [0.15, 0.2) is 6.20 Å². The number of hydrogen-bond donors (Lipinski definition) is 3. The second-order valence-electron chi connectivity index (χ2n) is 5.32. The lowest BCUT2D eigenvalue weighted by Gasteiger charge is -2.18. The molecule has 0 unspecified atom stereocenters. The second-order valence-corrected chi connectivity index (χ2v) is 5.32. The molecule has 0 aromatic carbocycles. The third-order valence-electron chi connectivity index (χ3n) is 3.80. The van der Waals surface area contributed by atoms with E-state index in [4.69, 9.17) is 0 Å². The van der Waals surface area contributed by atoms with Gasteiger partial charge in [0.1, 0.15) is 5.56 Å². The maximum Gasteiger partial charge on any atom is 0.339 e. The van der Waals surface area contributed by atoms with Crippen LogP contribution in [-0.2, 0) is 7.05 Å². The lowest BCUT2D eigenvalue weighted by Crippen LogP contribution is -2.27. The van der Waals surface area contributed by atoms with E-state index < -0.39 is 11.5 Å². The number of aryl methyl sites for hydroxylation is 2. The number of anilines is 1. The molecule has 0 atom stereocenters. The molecule has 1 fully saturated rings. The van der Waals surface area contributed by atoms with Crippen LogP contribution in [-0.4, -0.2) is 43.1 Å². The number of aliphatic hydroxyl groups is 1. The number of rotatable bonds is 4. The van der Waals surface area contributed by atoms with E-state index in [-0.39, 0.29) is 12.2 Å². The van der Waals surface area contributed by atoms with E-state index in [1.165, 1.54) is 6.20 Å². The number of nitrogens with one attached hydrogen (secondary N) is 1. The summed E-state index contributed by atoms with van der Waals surface area (Å²) in [5.41, 5.74) is 1.55. The average Bonchev–Trinajstić information content (AvgIpc) is 3.11. The number of fused-ring (bicyclic) bond motifs is 1. The van der Waals surface area contributed by atoms with Gasteiger partial charge in [-0.05, 0) is 19.8 Å². The Morgan fingerprint density at radius 1 is 1.55 bits per heavy atom. The summed E-state index contributed by atoms with van der Waals surface area (Å²) in [6.07, 6.45) is 2.99. The number of aromatic carboxylic acids is 1. The third kappa shape index (κ3) is 1.82. The first-order valence-electron chi connectivity index (χ1n) is 6.42. The minimum atomic E-state index is -1.04. The van der Waals surface area contributed by atoms with Crippen molar-refractivity contribution in [1.82, 2.24) is 14.8 Å². The van der Waals surface area contributed by atoms with Gasteiger partial charge in [-0.1, -0.05) is 0 Å². The van der Waals surface area contributed by atoms with Crippen LogP contribution < -0.4 is 5.32 Å². The molecular weight excluding hydrogens is 260 g/mol. The van der Waals surface area contributed by atoms with Gasteiger partial charge in [-0.2, -0.15) is 5.10 Å². The monoisotopic (exact) mass is 276 g/mol. The van der Waals surface area contributed by atoms with E-state index in [2.05, 4.69) is 15.4 Å². The molecule has 0 bridgehead atoms. The van der Waals surface area contributed by atoms with Crippen molar-refractivity contribution >= 4 is 22.7 Å². The minimum Gasteiger partial charge on any atom is -0.478 e. The number of hydrogen-bond acceptors (Lipinski definition) is 5. The fourth-order valence-corrected chi connectivity index (χ4v) is 2.44. The van der Waals surface area contributed by atoms with Crippen LogP contribution in [0.25, 0.3) is 11.0 Å². The van der Waals surface area contributed by atoms with Gasteiger partial charge in [-0.3, -0.25) is 4.68 Å². The van der Waals surface area contributed by atoms with E-state index in [1.54, 1.807) is 11.7 Å². The number of carboxylic acid groups (broad SMARTS) is 1. The van der Waals surface area contributed by atoms with Crippen molar-refractivity contribution in [2.45, 2.75) is 25.3 Å². The predicted molar refractivity (Wildman–Crippen MR) is 72.9 cm³/mol. The summed E-state index contributed by atoms with van der Waals surface area (Å²) < 4.78 is 1.62. The first kappa shape index (κ1) is 12.9. The van der Waals surface area contributed by atoms with E-state index in [0.717, 1.165) is 12.8 Å². The zero-order valence-corrected chi connectivity index (χ0v) is 11.3. The van der Waals surface area contributed by atoms with Gasteiger partial charge in [0.15, 0.2) is 5.65 Å². The van der Waals surface area contributed by atoms with E-state index in [9.17, 15) is 15.0 Å². The Labute approximate surface area is 115 Å². The van der Waals surface area contributed by atoms with Gasteiger partial charge in [0.25, 0.3) is 0 Å². The van der Waals surface area contributed by atoms with Gasteiger partial charge in [0.2, 0.25) is 0 Å². The Bertz CT molecular complexity index is 703. The standard InChI is InChI=1S/C13H16N4O3/c1-7-9-10(15-13(6-18)3-4-13)8(12(19)20)5-14-11(9)17(2)16-7/h5,18H,3-4,6H2,1-2H3,(H,14,15)(H,19,20). The van der Waals surface area contributed by atoms with E-state index in [0.29, 0.717) is 22.4 Å². The molecule has 3 rings (SSSR count). The maximum absolute atomic E-state index is 11.4. The third-order valence-corrected chi connectivity index (χ3v) is 3.80. The molecule has 2 heterocycles. The molecule has 1 saturated carbocycles. The quantitative estimate of drug-likeness (QED) is 0.767. The molecule has 3 N–H and O–H groups in total. The summed E-state index contributed by atoms with van der Waals surface area (Å²) in [7, 11) is 1.77. The molecule has 0 spiro atoms. The van der Waals surface area contributed by atoms with Crippen molar-refractivity contribution in [3.8, 4) is 0 Å². The second kappa shape index (κ2) is 4.17. The highest BCUT2D eigenvalue weighted by atomic mass is 16.4. The Morgan fingerprint density at radius 2 is 2.25 bits per heavy atom. The lowest BCUT2D eigenvalue weighted by atomic mass is 10.1. The number of nitrogens with zero attached hydrogens (tertiary/aromatic N) is 3. The molecule has 2 aromatic heterocycles. The molecule has 0 aliphatic heterocycles. The normalized spacial score (nSPS) is 16.4. The van der Waals surface area contributed by atoms with Crippen LogP contribution in [0.4, 0.5) is 5.69 Å². The summed E-state index contributed by atoms with van der Waals surface area (Å²) in [6, 6.07) is 0. The highest BCUT2D eigenvalue weighted by molar-refractivity contribution is 6.04. The first-order valence-corrected chi connectivity index (χ1v) is 6.42. The average molecular weight is 276 g/mol. The SMILES string of the molecule is Cc1nn(C)c2ncc(C(=O)O)c(NC3(CO)CC3)c12. The van der Waals surface area contributed by atoms with Crippen molar-refractivity contribution in [2.75, 3.05) is 11.9 Å². The van der Waals surface area contributed by atoms with Gasteiger partial charge in [0, 0.05) is 13.2 Å². The van der Waals surface area contributed by atoms with Crippen molar-refractivity contribution in [1.29, 1.82) is 0 Å². The van der Waals surface area contributed by atoms with Crippen LogP contribution in [0.3, 0.4) is 0 Å². The minimum absolute atomic E-state index is 0.0187. The Balaban J connectivity index is 2.24. The fraction of sp³-hybridized carbons (Fsp3) is 0.462. The Morgan fingerprint density at radius 3 is 2.80 bits per heavy atom. The molecule has 1 aliphatic rings. The Hall–Kier alpha value is -2.15. The molecule has 7 heteroatoms. The van der Waals surface area contributed by atoms with Crippen LogP contribution in [0, 0.1) is 6.92 Å². The zero-order chi connectivity index (χ0) is 14.5. The molecule has 0 radical (unpaired) electrons. The number of carboxylic acids is 1. The molecule has 2 aromatic rings. The van der Waals surface area contributed by atoms with Gasteiger partial charge >= 0.3 is 5.97 Å². The molecule has 1 aliphatic carbocycles. The van der Waals surface area contributed by atoms with Gasteiger partial charge in [-0.15, -0.1) is 0 Å². The van der Waals surface area contributed by atoms with Crippen LogP contribution >= 0.6 is 0 Å². The van der Waals surface area contributed by atoms with E-state index >= 15 is 0 Å². The summed E-state index contributed by atoms with van der Waals surface area (Å²) in [5.74, 6) is -1.04. The maximum atomic E-state index is 11.4. The van der Waals surface area contributed by atoms with Crippen LogP contribution in [0.1, 0.15) is 28.9 Å². The number of carbonyl (C=O) groups is 1. The van der Waals surface area contributed by atoms with E-state index in [1.807, 2.05) is 6.92 Å². The number of pyridine rings is 1. The Kier molecular flexibility index (Phi) is 2.68. The number of aromatic nitrogens is 3. The fourth-order valence-electron chi connectivity index (χ4n) is 2.44. The van der Waals surface area contributed by atoms with Gasteiger partial charge in [-0.25, -0.2) is 9.78 Å². The van der Waals surface area contributed by atoms with Crippen molar-refractivity contribution < 1.29 is 15.0 Å². The molecule has 7 nitrogen and oxygen atoms in total. The van der Waals surface area contributed by atoms with Crippen molar-refractivity contribution in [3.63, 3.8) is 0 Å². The highest BCUT2D eigenvalue weighted by Gasteiger charge is 2.43. The first-order chi connectivity index (χ1) is 9.47. The van der Waals surface area contributed by atoms with Crippen molar-refractivity contribution in [3.05, 3.63) is 17.5 Å². The largest absolute Gasteiger partial charge is 0.478 e. The lowest BCUT2D eigenvalue weighted by molar-refractivity contribution is 0.0697. The predicted octanol–water partition coefficient (Wildman–Crippen LogP) is 0.912. The smallest absolute Gasteiger partial charge is 0.339 e. The zero-order valence-electron chi connectivity index (χ0n) is 11.3. The summed E-state index contributed by atoms with van der Waals surface area (Å²) in [5, 5.41) is 27.0. The molecule has 20 heavy (non-hydrogen) atoms. The molecular formula is C13H16N4O3. The van der Waals surface area contributed by atoms with Gasteiger partial charge < -0.3 is 15.5 Å². The van der Waals surface area contributed by atoms with Crippen LogP contribution in [0.2, 0.25) is 0 Å². The number of aliphatic hydroxyl groups excluding tert-OH is 1. The molecule has 106 valence electrons. The van der Waals surface area contributed by atoms with Crippen molar-refractivity contribution in [2.24, 2.45) is 7.05 Å². The summed E-state index contributed by atoms with van der Waals surface area (Å²) in [6.45, 7) is 1.80.